The normalized spacial score (nSPS) is 14.3. The number of benzene rings is 2. The predicted octanol–water partition coefficient (Wildman–Crippen LogP) is 4.26. The van der Waals surface area contributed by atoms with E-state index in [4.69, 9.17) is 4.98 Å². The minimum atomic E-state index is 0.837. The number of rotatable bonds is 4. The third kappa shape index (κ3) is 3.47. The lowest BCUT2D eigenvalue weighted by atomic mass is 10.0. The fourth-order valence-electron chi connectivity index (χ4n) is 3.53. The van der Waals surface area contributed by atoms with Gasteiger partial charge in [-0.25, -0.2) is 9.97 Å². The van der Waals surface area contributed by atoms with Crippen molar-refractivity contribution in [2.45, 2.75) is 32.9 Å². The van der Waals surface area contributed by atoms with Gasteiger partial charge in [-0.2, -0.15) is 0 Å². The second-order valence-electron chi connectivity index (χ2n) is 6.61. The molecule has 1 aromatic heterocycles. The highest BCUT2D eigenvalue weighted by Crippen LogP contribution is 2.23. The third-order valence-corrected chi connectivity index (χ3v) is 4.94. The van der Waals surface area contributed by atoms with E-state index < -0.39 is 0 Å². The van der Waals surface area contributed by atoms with E-state index in [1.807, 2.05) is 24.4 Å². The lowest BCUT2D eigenvalue weighted by molar-refractivity contribution is 0.242. The zero-order chi connectivity index (χ0) is 17.1. The molecule has 2 aromatic carbocycles. The van der Waals surface area contributed by atoms with Gasteiger partial charge in [-0.15, -0.1) is 0 Å². The molecule has 0 atom stereocenters. The van der Waals surface area contributed by atoms with E-state index in [1.165, 1.54) is 22.4 Å². The van der Waals surface area contributed by atoms with Crippen LogP contribution >= 0.6 is 0 Å². The Morgan fingerprint density at radius 2 is 1.72 bits per heavy atom. The molecule has 2 heterocycles. The second-order valence-corrected chi connectivity index (χ2v) is 6.61. The Morgan fingerprint density at radius 3 is 2.52 bits per heavy atom. The van der Waals surface area contributed by atoms with Crippen LogP contribution in [0.3, 0.4) is 0 Å². The molecule has 3 nitrogen and oxygen atoms in total. The highest BCUT2D eigenvalue weighted by atomic mass is 15.1. The predicted molar refractivity (Wildman–Crippen MR) is 101 cm³/mol. The van der Waals surface area contributed by atoms with Crippen LogP contribution in [0.25, 0.3) is 11.4 Å². The van der Waals surface area contributed by atoms with Gasteiger partial charge in [-0.05, 0) is 17.5 Å². The van der Waals surface area contributed by atoms with Gasteiger partial charge >= 0.3 is 0 Å². The summed E-state index contributed by atoms with van der Waals surface area (Å²) in [5, 5.41) is 0. The van der Waals surface area contributed by atoms with Crippen molar-refractivity contribution in [3.63, 3.8) is 0 Å². The first kappa shape index (κ1) is 16.0. The number of nitrogens with zero attached hydrogens (tertiary/aromatic N) is 3. The summed E-state index contributed by atoms with van der Waals surface area (Å²) < 4.78 is 0. The molecule has 0 N–H and O–H groups in total. The Balaban J connectivity index is 1.52. The van der Waals surface area contributed by atoms with Crippen LogP contribution in [-0.2, 0) is 25.9 Å². The van der Waals surface area contributed by atoms with E-state index >= 15 is 0 Å². The molecule has 0 bridgehead atoms. The van der Waals surface area contributed by atoms with Gasteiger partial charge in [0.05, 0.1) is 5.69 Å². The summed E-state index contributed by atoms with van der Waals surface area (Å²) in [7, 11) is 0. The van der Waals surface area contributed by atoms with E-state index in [-0.39, 0.29) is 0 Å². The van der Waals surface area contributed by atoms with Gasteiger partial charge in [0.25, 0.3) is 0 Å². The summed E-state index contributed by atoms with van der Waals surface area (Å²) >= 11 is 0. The average molecular weight is 329 g/mol. The molecule has 126 valence electrons. The van der Waals surface area contributed by atoms with Crippen molar-refractivity contribution in [1.29, 1.82) is 0 Å². The average Bonchev–Trinajstić information content (AvgIpc) is 2.68. The first-order chi connectivity index (χ1) is 12.3. The molecule has 0 fully saturated rings. The van der Waals surface area contributed by atoms with Crippen LogP contribution in [0.15, 0.2) is 60.8 Å². The summed E-state index contributed by atoms with van der Waals surface area (Å²) in [6.45, 7) is 5.21. The van der Waals surface area contributed by atoms with Crippen molar-refractivity contribution in [1.82, 2.24) is 14.9 Å². The highest BCUT2D eigenvalue weighted by Gasteiger charge is 2.19. The van der Waals surface area contributed by atoms with Crippen LogP contribution in [0.4, 0.5) is 0 Å². The molecule has 0 aliphatic carbocycles. The Hall–Kier alpha value is -2.52. The Bertz CT molecular complexity index is 858. The van der Waals surface area contributed by atoms with Crippen molar-refractivity contribution in [2.24, 2.45) is 0 Å². The maximum absolute atomic E-state index is 4.82. The van der Waals surface area contributed by atoms with Crippen LogP contribution in [-0.4, -0.2) is 21.4 Å². The van der Waals surface area contributed by atoms with Gasteiger partial charge in [0, 0.05) is 43.4 Å². The SMILES string of the molecule is CCc1ccccc1CN1CCc2nc(-c3ccccc3)ncc2C1. The largest absolute Gasteiger partial charge is 0.294 e. The van der Waals surface area contributed by atoms with Crippen molar-refractivity contribution in [2.75, 3.05) is 6.54 Å². The molecule has 0 saturated heterocycles. The van der Waals surface area contributed by atoms with E-state index in [0.29, 0.717) is 0 Å². The molecule has 3 aromatic rings. The molecule has 0 saturated carbocycles. The van der Waals surface area contributed by atoms with Gasteiger partial charge in [0.15, 0.2) is 5.82 Å². The smallest absolute Gasteiger partial charge is 0.159 e. The lowest BCUT2D eigenvalue weighted by Gasteiger charge is -2.28. The Labute approximate surface area is 149 Å². The van der Waals surface area contributed by atoms with E-state index in [9.17, 15) is 0 Å². The number of aromatic nitrogens is 2. The van der Waals surface area contributed by atoms with Crippen LogP contribution < -0.4 is 0 Å². The minimum absolute atomic E-state index is 0.837. The lowest BCUT2D eigenvalue weighted by Crippen LogP contribution is -2.31. The molecule has 25 heavy (non-hydrogen) atoms. The summed E-state index contributed by atoms with van der Waals surface area (Å²) in [6, 6.07) is 19.0. The molecule has 4 rings (SSSR count). The van der Waals surface area contributed by atoms with Crippen LogP contribution in [0.1, 0.15) is 29.3 Å². The molecular formula is C22H23N3. The molecule has 0 spiro atoms. The first-order valence-corrected chi connectivity index (χ1v) is 9.03. The monoisotopic (exact) mass is 329 g/mol. The fraction of sp³-hybridized carbons (Fsp3) is 0.273. The molecule has 3 heteroatoms. The summed E-state index contributed by atoms with van der Waals surface area (Å²) in [5.41, 5.74) is 6.44. The van der Waals surface area contributed by atoms with Gasteiger partial charge in [-0.3, -0.25) is 4.90 Å². The van der Waals surface area contributed by atoms with Crippen LogP contribution in [0.2, 0.25) is 0 Å². The standard InChI is InChI=1S/C22H23N3/c1-2-17-8-6-7-11-19(17)15-25-13-12-21-20(16-25)14-23-22(24-21)18-9-4-3-5-10-18/h3-11,14H,2,12-13,15-16H2,1H3. The molecule has 0 radical (unpaired) electrons. The summed E-state index contributed by atoms with van der Waals surface area (Å²) in [6.07, 6.45) is 4.10. The van der Waals surface area contributed by atoms with Crippen LogP contribution in [0, 0.1) is 0 Å². The van der Waals surface area contributed by atoms with Gasteiger partial charge in [-0.1, -0.05) is 61.5 Å². The topological polar surface area (TPSA) is 29.0 Å². The number of fused-ring (bicyclic) bond motifs is 1. The Morgan fingerprint density at radius 1 is 0.960 bits per heavy atom. The van der Waals surface area contributed by atoms with Crippen molar-refractivity contribution in [3.05, 3.63) is 83.2 Å². The van der Waals surface area contributed by atoms with E-state index in [1.54, 1.807) is 0 Å². The summed E-state index contributed by atoms with van der Waals surface area (Å²) in [4.78, 5) is 11.9. The fourth-order valence-corrected chi connectivity index (χ4v) is 3.53. The van der Waals surface area contributed by atoms with Gasteiger partial charge in [0.2, 0.25) is 0 Å². The third-order valence-electron chi connectivity index (χ3n) is 4.94. The van der Waals surface area contributed by atoms with Gasteiger partial charge in [0.1, 0.15) is 0 Å². The zero-order valence-corrected chi connectivity index (χ0v) is 14.7. The molecule has 1 aliphatic heterocycles. The van der Waals surface area contributed by atoms with E-state index in [0.717, 1.165) is 43.9 Å². The molecule has 0 unspecified atom stereocenters. The highest BCUT2D eigenvalue weighted by molar-refractivity contribution is 5.54. The molecule has 1 aliphatic rings. The Kier molecular flexibility index (Phi) is 4.57. The summed E-state index contributed by atoms with van der Waals surface area (Å²) in [5.74, 6) is 0.837. The van der Waals surface area contributed by atoms with Crippen LogP contribution in [0.5, 0.6) is 0 Å². The maximum atomic E-state index is 4.82. The zero-order valence-electron chi connectivity index (χ0n) is 14.7. The number of hydrogen-bond donors (Lipinski definition) is 0. The van der Waals surface area contributed by atoms with Crippen molar-refractivity contribution >= 4 is 0 Å². The maximum Gasteiger partial charge on any atom is 0.159 e. The van der Waals surface area contributed by atoms with Gasteiger partial charge < -0.3 is 0 Å². The van der Waals surface area contributed by atoms with E-state index in [2.05, 4.69) is 53.2 Å². The number of aryl methyl sites for hydroxylation is 1. The number of hydrogen-bond acceptors (Lipinski definition) is 3. The quantitative estimate of drug-likeness (QED) is 0.716. The molecule has 0 amide bonds. The second kappa shape index (κ2) is 7.16. The van der Waals surface area contributed by atoms with Crippen molar-refractivity contribution < 1.29 is 0 Å². The molecular weight excluding hydrogens is 306 g/mol. The van der Waals surface area contributed by atoms with Crippen molar-refractivity contribution in [3.8, 4) is 11.4 Å². The first-order valence-electron chi connectivity index (χ1n) is 9.03. The minimum Gasteiger partial charge on any atom is -0.294 e.